The van der Waals surface area contributed by atoms with E-state index in [2.05, 4.69) is 33.6 Å². The molecule has 0 aliphatic heterocycles. The summed E-state index contributed by atoms with van der Waals surface area (Å²) in [6.07, 6.45) is -3.40. The fraction of sp³-hybridized carbons (Fsp3) is 0.467. The van der Waals surface area contributed by atoms with E-state index >= 15 is 0 Å². The van der Waals surface area contributed by atoms with Crippen LogP contribution in [0.25, 0.3) is 0 Å². The third kappa shape index (κ3) is 5.48. The molecule has 24 heavy (non-hydrogen) atoms. The molecule has 2 rings (SSSR count). The van der Waals surface area contributed by atoms with Crippen molar-refractivity contribution in [3.63, 3.8) is 0 Å². The molecule has 0 atom stereocenters. The van der Waals surface area contributed by atoms with Crippen molar-refractivity contribution in [3.05, 3.63) is 38.0 Å². The van der Waals surface area contributed by atoms with Crippen molar-refractivity contribution in [1.29, 1.82) is 0 Å². The average Bonchev–Trinajstić information content (AvgIpc) is 3.18. The van der Waals surface area contributed by atoms with Gasteiger partial charge in [-0.25, -0.2) is 9.98 Å². The molecule has 0 unspecified atom stereocenters. The Bertz CT molecular complexity index is 676. The number of nitrogens with one attached hydrogen (secondary N) is 2. The zero-order chi connectivity index (χ0) is 17.6. The number of hydrogen-bond donors (Lipinski definition) is 2. The summed E-state index contributed by atoms with van der Waals surface area (Å²) < 4.78 is 37.6. The van der Waals surface area contributed by atoms with Crippen LogP contribution in [0.1, 0.15) is 34.3 Å². The van der Waals surface area contributed by atoms with Crippen LogP contribution in [-0.4, -0.2) is 17.5 Å². The number of thiazole rings is 1. The van der Waals surface area contributed by atoms with Gasteiger partial charge in [-0.1, -0.05) is 6.92 Å². The van der Waals surface area contributed by atoms with Gasteiger partial charge in [-0.3, -0.25) is 0 Å². The first-order valence-corrected chi connectivity index (χ1v) is 9.23. The first kappa shape index (κ1) is 18.7. The molecule has 2 aromatic rings. The SMILES string of the molecule is CCNC(=NCc1ccc(CC)s1)NCc1nc(C(F)(F)F)cs1. The van der Waals surface area contributed by atoms with Crippen molar-refractivity contribution in [2.45, 2.75) is 39.5 Å². The summed E-state index contributed by atoms with van der Waals surface area (Å²) in [7, 11) is 0. The molecule has 0 aliphatic rings. The summed E-state index contributed by atoms with van der Waals surface area (Å²) in [5.41, 5.74) is -0.850. The predicted octanol–water partition coefficient (Wildman–Crippen LogP) is 4.04. The van der Waals surface area contributed by atoms with Gasteiger partial charge in [0.1, 0.15) is 5.01 Å². The molecule has 0 saturated heterocycles. The Morgan fingerprint density at radius 1 is 1.21 bits per heavy atom. The molecule has 4 nitrogen and oxygen atoms in total. The van der Waals surface area contributed by atoms with E-state index in [9.17, 15) is 13.2 Å². The van der Waals surface area contributed by atoms with E-state index in [1.165, 1.54) is 4.88 Å². The van der Waals surface area contributed by atoms with Gasteiger partial charge in [0.15, 0.2) is 11.7 Å². The minimum absolute atomic E-state index is 0.206. The van der Waals surface area contributed by atoms with Gasteiger partial charge in [-0.05, 0) is 25.5 Å². The molecule has 0 spiro atoms. The minimum Gasteiger partial charge on any atom is -0.357 e. The molecule has 2 heterocycles. The molecule has 132 valence electrons. The number of aliphatic imine (C=N–C) groups is 1. The normalized spacial score (nSPS) is 12.5. The highest BCUT2D eigenvalue weighted by Gasteiger charge is 2.33. The van der Waals surface area contributed by atoms with E-state index in [4.69, 9.17) is 0 Å². The molecular formula is C15H19F3N4S2. The quantitative estimate of drug-likeness (QED) is 0.591. The Hall–Kier alpha value is -1.61. The van der Waals surface area contributed by atoms with Crippen LogP contribution < -0.4 is 10.6 Å². The highest BCUT2D eigenvalue weighted by Crippen LogP contribution is 2.29. The van der Waals surface area contributed by atoms with E-state index in [1.807, 2.05) is 13.0 Å². The summed E-state index contributed by atoms with van der Waals surface area (Å²) in [5, 5.41) is 7.50. The molecule has 2 N–H and O–H groups in total. The molecule has 0 aliphatic carbocycles. The number of aromatic nitrogens is 1. The first-order valence-electron chi connectivity index (χ1n) is 7.53. The van der Waals surface area contributed by atoms with Crippen LogP contribution in [0.15, 0.2) is 22.5 Å². The van der Waals surface area contributed by atoms with Crippen LogP contribution in [0.3, 0.4) is 0 Å². The molecular weight excluding hydrogens is 357 g/mol. The van der Waals surface area contributed by atoms with Crippen molar-refractivity contribution in [2.24, 2.45) is 4.99 Å². The second kappa shape index (κ2) is 8.48. The van der Waals surface area contributed by atoms with E-state index < -0.39 is 11.9 Å². The second-order valence-corrected chi connectivity index (χ2v) is 7.09. The summed E-state index contributed by atoms with van der Waals surface area (Å²) in [6.45, 7) is 5.45. The van der Waals surface area contributed by atoms with Crippen LogP contribution in [0.2, 0.25) is 0 Å². The lowest BCUT2D eigenvalue weighted by molar-refractivity contribution is -0.140. The van der Waals surface area contributed by atoms with Crippen molar-refractivity contribution in [1.82, 2.24) is 15.6 Å². The number of hydrogen-bond acceptors (Lipinski definition) is 4. The van der Waals surface area contributed by atoms with E-state index in [1.54, 1.807) is 11.3 Å². The Labute approximate surface area is 146 Å². The molecule has 2 aromatic heterocycles. The molecule has 0 aromatic carbocycles. The van der Waals surface area contributed by atoms with Crippen LogP contribution >= 0.6 is 22.7 Å². The smallest absolute Gasteiger partial charge is 0.357 e. The number of halogens is 3. The molecule has 0 saturated carbocycles. The highest BCUT2D eigenvalue weighted by atomic mass is 32.1. The van der Waals surface area contributed by atoms with Gasteiger partial charge in [0, 0.05) is 21.7 Å². The minimum atomic E-state index is -4.40. The largest absolute Gasteiger partial charge is 0.434 e. The molecule has 0 amide bonds. The van der Waals surface area contributed by atoms with E-state index in [0.29, 0.717) is 24.1 Å². The van der Waals surface area contributed by atoms with Crippen LogP contribution in [0.5, 0.6) is 0 Å². The number of rotatable bonds is 6. The monoisotopic (exact) mass is 376 g/mol. The standard InChI is InChI=1S/C15H19F3N4S2/c1-3-10-5-6-11(24-10)7-20-14(19-4-2)21-8-13-22-12(9-23-13)15(16,17)18/h5-6,9H,3-4,7-8H2,1-2H3,(H2,19,20,21). The van der Waals surface area contributed by atoms with Gasteiger partial charge in [-0.2, -0.15) is 13.2 Å². The zero-order valence-corrected chi connectivity index (χ0v) is 15.0. The Kier molecular flexibility index (Phi) is 6.61. The van der Waals surface area contributed by atoms with Gasteiger partial charge in [-0.15, -0.1) is 22.7 Å². The molecule has 0 fully saturated rings. The summed E-state index contributed by atoms with van der Waals surface area (Å²) in [5.74, 6) is 0.563. The first-order chi connectivity index (χ1) is 11.4. The Balaban J connectivity index is 1.95. The van der Waals surface area contributed by atoms with Gasteiger partial charge in [0.2, 0.25) is 0 Å². The lowest BCUT2D eigenvalue weighted by Gasteiger charge is -2.09. The summed E-state index contributed by atoms with van der Waals surface area (Å²) >= 11 is 2.70. The predicted molar refractivity (Wildman–Crippen MR) is 92.5 cm³/mol. The maximum atomic E-state index is 12.5. The van der Waals surface area contributed by atoms with Crippen LogP contribution in [-0.2, 0) is 25.7 Å². The van der Waals surface area contributed by atoms with Crippen molar-refractivity contribution in [2.75, 3.05) is 6.54 Å². The van der Waals surface area contributed by atoms with Crippen molar-refractivity contribution in [3.8, 4) is 0 Å². The van der Waals surface area contributed by atoms with E-state index in [-0.39, 0.29) is 6.54 Å². The van der Waals surface area contributed by atoms with Crippen LogP contribution in [0, 0.1) is 0 Å². The number of alkyl halides is 3. The maximum absolute atomic E-state index is 12.5. The van der Waals surface area contributed by atoms with Gasteiger partial charge in [0.25, 0.3) is 0 Å². The Morgan fingerprint density at radius 3 is 2.54 bits per heavy atom. The fourth-order valence-corrected chi connectivity index (χ4v) is 3.50. The fourth-order valence-electron chi connectivity index (χ4n) is 1.88. The van der Waals surface area contributed by atoms with Gasteiger partial charge < -0.3 is 10.6 Å². The zero-order valence-electron chi connectivity index (χ0n) is 13.4. The number of aryl methyl sites for hydroxylation is 1. The molecule has 0 bridgehead atoms. The van der Waals surface area contributed by atoms with Crippen molar-refractivity contribution >= 4 is 28.6 Å². The van der Waals surface area contributed by atoms with Gasteiger partial charge in [0.05, 0.1) is 13.1 Å². The summed E-state index contributed by atoms with van der Waals surface area (Å²) in [4.78, 5) is 10.5. The van der Waals surface area contributed by atoms with Gasteiger partial charge >= 0.3 is 6.18 Å². The number of thiophene rings is 1. The number of guanidine groups is 1. The Morgan fingerprint density at radius 2 is 1.96 bits per heavy atom. The maximum Gasteiger partial charge on any atom is 0.434 e. The second-order valence-electron chi connectivity index (χ2n) is 4.89. The van der Waals surface area contributed by atoms with E-state index in [0.717, 1.165) is 28.0 Å². The lowest BCUT2D eigenvalue weighted by atomic mass is 10.4. The third-order valence-corrected chi connectivity index (χ3v) is 5.12. The topological polar surface area (TPSA) is 49.3 Å². The third-order valence-electron chi connectivity index (χ3n) is 3.05. The van der Waals surface area contributed by atoms with Crippen molar-refractivity contribution < 1.29 is 13.2 Å². The lowest BCUT2D eigenvalue weighted by Crippen LogP contribution is -2.36. The highest BCUT2D eigenvalue weighted by molar-refractivity contribution is 7.12. The average molecular weight is 376 g/mol. The van der Waals surface area contributed by atoms with Crippen LogP contribution in [0.4, 0.5) is 13.2 Å². The number of nitrogens with zero attached hydrogens (tertiary/aromatic N) is 2. The molecule has 9 heteroatoms. The molecule has 0 radical (unpaired) electrons. The summed E-state index contributed by atoms with van der Waals surface area (Å²) in [6, 6.07) is 4.14.